The number of nitro groups is 1. The first kappa shape index (κ1) is 16.1. The molecule has 0 N–H and O–H groups in total. The van der Waals surface area contributed by atoms with Gasteiger partial charge in [0.15, 0.2) is 0 Å². The number of rotatable bonds is 5. The van der Waals surface area contributed by atoms with Crippen LogP contribution in [0.5, 0.6) is 0 Å². The zero-order chi connectivity index (χ0) is 15.6. The van der Waals surface area contributed by atoms with Crippen molar-refractivity contribution in [1.29, 1.82) is 0 Å². The minimum atomic E-state index is -4.22. The molecule has 0 spiro atoms. The zero-order valence-electron chi connectivity index (χ0n) is 11.3. The summed E-state index contributed by atoms with van der Waals surface area (Å²) >= 11 is 0. The van der Waals surface area contributed by atoms with Crippen LogP contribution in [0.4, 0.5) is 5.82 Å². The van der Waals surface area contributed by atoms with Gasteiger partial charge >= 0.3 is 5.82 Å². The highest BCUT2D eigenvalue weighted by molar-refractivity contribution is 8.13. The van der Waals surface area contributed by atoms with E-state index in [0.717, 1.165) is 19.3 Å². The van der Waals surface area contributed by atoms with Crippen LogP contribution >= 0.6 is 10.7 Å². The van der Waals surface area contributed by atoms with E-state index < -0.39 is 24.7 Å². The van der Waals surface area contributed by atoms with Crippen LogP contribution in [0.2, 0.25) is 0 Å². The largest absolute Gasteiger partial charge is 0.410 e. The molecule has 0 aliphatic carbocycles. The van der Waals surface area contributed by atoms with Crippen LogP contribution in [0.15, 0.2) is 11.1 Å². The predicted octanol–water partition coefficient (Wildman–Crippen LogP) is 0.440. The van der Waals surface area contributed by atoms with Gasteiger partial charge in [0.1, 0.15) is 0 Å². The number of nitrogens with zero attached hydrogens (tertiary/aromatic N) is 4. The lowest BCUT2D eigenvalue weighted by atomic mass is 10.2. The van der Waals surface area contributed by atoms with E-state index in [1.165, 1.54) is 4.68 Å². The van der Waals surface area contributed by atoms with Gasteiger partial charge in [-0.1, -0.05) is 6.92 Å². The van der Waals surface area contributed by atoms with Crippen molar-refractivity contribution in [1.82, 2.24) is 14.7 Å². The molecule has 0 bridgehead atoms. The smallest absolute Gasteiger partial charge is 0.374 e. The van der Waals surface area contributed by atoms with Crippen LogP contribution in [0, 0.1) is 10.1 Å². The minimum Gasteiger partial charge on any atom is -0.374 e. The Morgan fingerprint density at radius 3 is 2.86 bits per heavy atom. The highest BCUT2D eigenvalue weighted by Crippen LogP contribution is 2.25. The fourth-order valence-electron chi connectivity index (χ4n) is 2.17. The lowest BCUT2D eigenvalue weighted by Crippen LogP contribution is -2.44. The summed E-state index contributed by atoms with van der Waals surface area (Å²) in [7, 11) is 0.967. The molecule has 118 valence electrons. The number of hydrogen-bond acceptors (Lipinski definition) is 7. The Labute approximate surface area is 126 Å². The number of aromatic nitrogens is 2. The number of ether oxygens (including phenoxy) is 1. The van der Waals surface area contributed by atoms with Gasteiger partial charge < -0.3 is 14.9 Å². The molecular weight excluding hydrogens is 324 g/mol. The zero-order valence-corrected chi connectivity index (χ0v) is 12.9. The van der Waals surface area contributed by atoms with E-state index in [0.29, 0.717) is 13.2 Å². The van der Waals surface area contributed by atoms with Crippen molar-refractivity contribution in [2.24, 2.45) is 0 Å². The standard InChI is InChI=1S/C10H15ClN4O5S/c1-2-13-3-4-20-8(5-13)6-14-7-9(21(11,18)19)10(12-14)15(16)17/h7-8H,2-6H2,1H3. The van der Waals surface area contributed by atoms with E-state index in [4.69, 9.17) is 15.4 Å². The summed E-state index contributed by atoms with van der Waals surface area (Å²) in [6.07, 6.45) is 0.860. The molecular formula is C10H15ClN4O5S. The van der Waals surface area contributed by atoms with Gasteiger partial charge in [-0.15, -0.1) is 0 Å². The van der Waals surface area contributed by atoms with Gasteiger partial charge in [0.05, 0.1) is 30.6 Å². The third kappa shape index (κ3) is 3.90. The van der Waals surface area contributed by atoms with Crippen LogP contribution in [0.1, 0.15) is 6.92 Å². The van der Waals surface area contributed by atoms with Crippen molar-refractivity contribution in [2.45, 2.75) is 24.5 Å². The van der Waals surface area contributed by atoms with Crippen molar-refractivity contribution in [3.05, 3.63) is 16.3 Å². The molecule has 1 atom stereocenters. The van der Waals surface area contributed by atoms with Crippen LogP contribution in [-0.4, -0.2) is 60.4 Å². The van der Waals surface area contributed by atoms with Gasteiger partial charge in [0.2, 0.25) is 4.90 Å². The van der Waals surface area contributed by atoms with E-state index in [9.17, 15) is 18.5 Å². The fourth-order valence-corrected chi connectivity index (χ4v) is 3.08. The molecule has 2 rings (SSSR count). The molecule has 9 nitrogen and oxygen atoms in total. The Morgan fingerprint density at radius 1 is 1.62 bits per heavy atom. The van der Waals surface area contributed by atoms with E-state index >= 15 is 0 Å². The van der Waals surface area contributed by atoms with Gasteiger partial charge in [0, 0.05) is 23.8 Å². The maximum absolute atomic E-state index is 11.3. The number of halogens is 1. The molecule has 1 aromatic heterocycles. The monoisotopic (exact) mass is 338 g/mol. The molecule has 1 saturated heterocycles. The van der Waals surface area contributed by atoms with Crippen LogP contribution < -0.4 is 0 Å². The molecule has 11 heteroatoms. The summed E-state index contributed by atoms with van der Waals surface area (Å²) < 4.78 is 29.4. The molecule has 0 amide bonds. The highest BCUT2D eigenvalue weighted by Gasteiger charge is 2.31. The maximum atomic E-state index is 11.3. The molecule has 0 aromatic carbocycles. The van der Waals surface area contributed by atoms with Crippen molar-refractivity contribution < 1.29 is 18.1 Å². The lowest BCUT2D eigenvalue weighted by Gasteiger charge is -2.31. The summed E-state index contributed by atoms with van der Waals surface area (Å²) in [5, 5.41) is 14.5. The van der Waals surface area contributed by atoms with Crippen molar-refractivity contribution in [2.75, 3.05) is 26.2 Å². The second-order valence-corrected chi connectivity index (χ2v) is 7.15. The lowest BCUT2D eigenvalue weighted by molar-refractivity contribution is -0.392. The number of likely N-dealkylation sites (N-methyl/N-ethyl adjacent to an activating group) is 1. The summed E-state index contributed by atoms with van der Waals surface area (Å²) in [4.78, 5) is 11.5. The maximum Gasteiger partial charge on any atom is 0.410 e. The minimum absolute atomic E-state index is 0.205. The second-order valence-electron chi connectivity index (χ2n) is 4.62. The van der Waals surface area contributed by atoms with Crippen LogP contribution in [-0.2, 0) is 20.3 Å². The highest BCUT2D eigenvalue weighted by atomic mass is 35.7. The molecule has 2 heterocycles. The Balaban J connectivity index is 2.19. The molecule has 1 aliphatic rings. The Bertz CT molecular complexity index is 631. The van der Waals surface area contributed by atoms with Crippen molar-refractivity contribution in [3.63, 3.8) is 0 Å². The Morgan fingerprint density at radius 2 is 2.33 bits per heavy atom. The molecule has 1 aliphatic heterocycles. The van der Waals surface area contributed by atoms with Crippen LogP contribution in [0.25, 0.3) is 0 Å². The first-order valence-electron chi connectivity index (χ1n) is 6.31. The number of morpholine rings is 1. The molecule has 0 radical (unpaired) electrons. The van der Waals surface area contributed by atoms with Gasteiger partial charge in [-0.3, -0.25) is 4.90 Å². The van der Waals surface area contributed by atoms with E-state index in [-0.39, 0.29) is 12.6 Å². The molecule has 1 aromatic rings. The van der Waals surface area contributed by atoms with Crippen molar-refractivity contribution in [3.8, 4) is 0 Å². The fraction of sp³-hybridized carbons (Fsp3) is 0.700. The summed E-state index contributed by atoms with van der Waals surface area (Å²) in [6, 6.07) is 0. The Hall–Kier alpha value is -1.23. The van der Waals surface area contributed by atoms with Gasteiger partial charge in [-0.2, -0.15) is 4.68 Å². The topological polar surface area (TPSA) is 108 Å². The molecule has 21 heavy (non-hydrogen) atoms. The molecule has 1 unspecified atom stereocenters. The average Bonchev–Trinajstić information content (AvgIpc) is 2.83. The van der Waals surface area contributed by atoms with E-state index in [2.05, 4.69) is 10.00 Å². The van der Waals surface area contributed by atoms with E-state index in [1.54, 1.807) is 0 Å². The first-order valence-corrected chi connectivity index (χ1v) is 8.62. The van der Waals surface area contributed by atoms with Crippen molar-refractivity contribution >= 4 is 25.6 Å². The third-order valence-electron chi connectivity index (χ3n) is 3.21. The molecule has 0 saturated carbocycles. The van der Waals surface area contributed by atoms with Crippen LogP contribution in [0.3, 0.4) is 0 Å². The van der Waals surface area contributed by atoms with Gasteiger partial charge in [0.25, 0.3) is 9.05 Å². The summed E-state index contributed by atoms with van der Waals surface area (Å²) in [5.74, 6) is -0.770. The van der Waals surface area contributed by atoms with Gasteiger partial charge in [-0.25, -0.2) is 8.42 Å². The normalized spacial score (nSPS) is 20.6. The SMILES string of the molecule is CCN1CCOC(Cn2cc(S(=O)(=O)Cl)c([N+](=O)[O-])n2)C1. The summed E-state index contributed by atoms with van der Waals surface area (Å²) in [6.45, 7) is 5.17. The molecule has 1 fully saturated rings. The predicted molar refractivity (Wildman–Crippen MR) is 73.8 cm³/mol. The first-order chi connectivity index (χ1) is 9.81. The third-order valence-corrected chi connectivity index (χ3v) is 4.52. The average molecular weight is 339 g/mol. The Kier molecular flexibility index (Phi) is 4.81. The quantitative estimate of drug-likeness (QED) is 0.435. The van der Waals surface area contributed by atoms with E-state index in [1.807, 2.05) is 6.92 Å². The summed E-state index contributed by atoms with van der Waals surface area (Å²) in [5.41, 5.74) is 0. The van der Waals surface area contributed by atoms with Gasteiger partial charge in [-0.05, 0) is 11.5 Å². The second kappa shape index (κ2) is 6.26. The number of hydrogen-bond donors (Lipinski definition) is 0.